The molecular weight excluding hydrogens is 609 g/mol. The molecule has 8 nitrogen and oxygen atoms in total. The van der Waals surface area contributed by atoms with Crippen molar-refractivity contribution >= 4 is 34.6 Å². The monoisotopic (exact) mass is 643 g/mol. The van der Waals surface area contributed by atoms with Gasteiger partial charge in [0.1, 0.15) is 16.9 Å². The number of amides is 2. The van der Waals surface area contributed by atoms with Crippen LogP contribution in [0, 0.1) is 11.3 Å². The first kappa shape index (κ1) is 33.4. The highest BCUT2D eigenvalue weighted by Crippen LogP contribution is 2.37. The van der Waals surface area contributed by atoms with Gasteiger partial charge in [-0.05, 0) is 48.9 Å². The van der Waals surface area contributed by atoms with Gasteiger partial charge in [0.2, 0.25) is 11.8 Å². The molecule has 0 atom stereocenters. The molecule has 240 valence electrons. The Labute approximate surface area is 256 Å². The van der Waals surface area contributed by atoms with Crippen LogP contribution >= 0.6 is 11.6 Å². The SMILES string of the molecule is Cn1c(Cc2cc(CNC(=O)C(C)(C)C)ccc2Cl)nc2cc(C(=O)NC3CCC(C(F)(F)F)CC3)c(OCC(F)F)nc21. The number of halogens is 6. The van der Waals surface area contributed by atoms with E-state index in [1.165, 1.54) is 6.07 Å². The summed E-state index contributed by atoms with van der Waals surface area (Å²) < 4.78 is 72.1. The van der Waals surface area contributed by atoms with Gasteiger partial charge in [0, 0.05) is 36.5 Å². The molecule has 2 aromatic heterocycles. The van der Waals surface area contributed by atoms with E-state index in [-0.39, 0.29) is 55.1 Å². The first-order chi connectivity index (χ1) is 20.5. The molecule has 2 N–H and O–H groups in total. The number of benzene rings is 1. The first-order valence-corrected chi connectivity index (χ1v) is 14.6. The smallest absolute Gasteiger partial charge is 0.391 e. The van der Waals surface area contributed by atoms with Crippen molar-refractivity contribution in [2.45, 2.75) is 78.1 Å². The van der Waals surface area contributed by atoms with E-state index in [0.717, 1.165) is 5.56 Å². The molecule has 14 heteroatoms. The summed E-state index contributed by atoms with van der Waals surface area (Å²) in [5.41, 5.74) is 1.42. The molecule has 1 aromatic carbocycles. The topological polar surface area (TPSA) is 98.1 Å². The van der Waals surface area contributed by atoms with Gasteiger partial charge in [-0.3, -0.25) is 9.59 Å². The molecule has 0 unspecified atom stereocenters. The fourth-order valence-electron chi connectivity index (χ4n) is 5.03. The fraction of sp³-hybridized carbons (Fsp3) is 0.533. The molecule has 1 fully saturated rings. The van der Waals surface area contributed by atoms with Crippen molar-refractivity contribution in [2.75, 3.05) is 6.61 Å². The van der Waals surface area contributed by atoms with Crippen LogP contribution < -0.4 is 15.4 Å². The first-order valence-electron chi connectivity index (χ1n) is 14.2. The zero-order valence-electron chi connectivity index (χ0n) is 24.8. The van der Waals surface area contributed by atoms with Crippen LogP contribution in [0.1, 0.15) is 73.8 Å². The van der Waals surface area contributed by atoms with E-state index in [2.05, 4.69) is 20.6 Å². The van der Waals surface area contributed by atoms with Crippen molar-refractivity contribution in [2.24, 2.45) is 18.4 Å². The molecule has 0 saturated heterocycles. The Balaban J connectivity index is 1.57. The van der Waals surface area contributed by atoms with Crippen LogP contribution in [0.15, 0.2) is 24.3 Å². The second-order valence-corrected chi connectivity index (χ2v) is 12.5. The number of aryl methyl sites for hydroxylation is 1. The van der Waals surface area contributed by atoms with Gasteiger partial charge in [-0.15, -0.1) is 0 Å². The lowest BCUT2D eigenvalue weighted by Gasteiger charge is -2.30. The Hall–Kier alpha value is -3.48. The lowest BCUT2D eigenvalue weighted by atomic mass is 9.85. The van der Waals surface area contributed by atoms with Gasteiger partial charge in [-0.1, -0.05) is 44.5 Å². The molecule has 2 heterocycles. The summed E-state index contributed by atoms with van der Waals surface area (Å²) in [7, 11) is 1.68. The number of alkyl halides is 5. The molecule has 1 saturated carbocycles. The summed E-state index contributed by atoms with van der Waals surface area (Å²) in [5, 5.41) is 6.07. The summed E-state index contributed by atoms with van der Waals surface area (Å²) in [6.07, 6.45) is -6.83. The quantitative estimate of drug-likeness (QED) is 0.264. The predicted octanol–water partition coefficient (Wildman–Crippen LogP) is 6.37. The number of hydrogen-bond acceptors (Lipinski definition) is 5. The van der Waals surface area contributed by atoms with Crippen LogP contribution in [0.2, 0.25) is 5.02 Å². The molecular formula is C30H35ClF5N5O3. The van der Waals surface area contributed by atoms with Crippen molar-refractivity contribution in [3.05, 3.63) is 51.8 Å². The van der Waals surface area contributed by atoms with Gasteiger partial charge >= 0.3 is 6.18 Å². The molecule has 1 aliphatic rings. The van der Waals surface area contributed by atoms with E-state index in [1.54, 1.807) is 23.7 Å². The fourth-order valence-corrected chi connectivity index (χ4v) is 5.22. The van der Waals surface area contributed by atoms with Gasteiger partial charge in [0.15, 0.2) is 12.3 Å². The zero-order chi connectivity index (χ0) is 32.4. The molecule has 0 radical (unpaired) electrons. The maximum Gasteiger partial charge on any atom is 0.391 e. The van der Waals surface area contributed by atoms with Gasteiger partial charge in [-0.2, -0.15) is 18.2 Å². The number of nitrogens with zero attached hydrogens (tertiary/aromatic N) is 3. The summed E-state index contributed by atoms with van der Waals surface area (Å²) >= 11 is 6.48. The number of imidazole rings is 1. The lowest BCUT2D eigenvalue weighted by molar-refractivity contribution is -0.182. The van der Waals surface area contributed by atoms with Crippen molar-refractivity contribution < 1.29 is 36.3 Å². The molecule has 2 amide bonds. The summed E-state index contributed by atoms with van der Waals surface area (Å²) in [5.74, 6) is -2.04. The average molecular weight is 644 g/mol. The van der Waals surface area contributed by atoms with Crippen molar-refractivity contribution in [1.82, 2.24) is 25.2 Å². The van der Waals surface area contributed by atoms with Crippen LogP contribution in [0.4, 0.5) is 22.0 Å². The number of carbonyl (C=O) groups excluding carboxylic acids is 2. The summed E-state index contributed by atoms with van der Waals surface area (Å²) in [6.45, 7) is 4.74. The van der Waals surface area contributed by atoms with Crippen molar-refractivity contribution in [1.29, 1.82) is 0 Å². The molecule has 0 aliphatic heterocycles. The minimum atomic E-state index is -4.29. The van der Waals surface area contributed by atoms with E-state index in [9.17, 15) is 31.5 Å². The Bertz CT molecular complexity index is 1510. The number of rotatable bonds is 9. The minimum Gasteiger partial charge on any atom is -0.471 e. The van der Waals surface area contributed by atoms with Gasteiger partial charge < -0.3 is 19.9 Å². The van der Waals surface area contributed by atoms with Crippen LogP contribution in [0.25, 0.3) is 11.2 Å². The number of fused-ring (bicyclic) bond motifs is 1. The average Bonchev–Trinajstić information content (AvgIpc) is 3.24. The third kappa shape index (κ3) is 8.16. The Morgan fingerprint density at radius 1 is 1.09 bits per heavy atom. The normalized spacial score (nSPS) is 17.6. The van der Waals surface area contributed by atoms with E-state index in [0.29, 0.717) is 28.5 Å². The number of ether oxygens (including phenoxy) is 1. The minimum absolute atomic E-state index is 0.103. The number of pyridine rings is 1. The summed E-state index contributed by atoms with van der Waals surface area (Å²) in [6, 6.07) is 6.24. The van der Waals surface area contributed by atoms with Crippen molar-refractivity contribution in [3.8, 4) is 5.88 Å². The molecule has 0 bridgehead atoms. The van der Waals surface area contributed by atoms with Gasteiger partial charge in [0.05, 0.1) is 5.92 Å². The number of hydrogen-bond donors (Lipinski definition) is 2. The predicted molar refractivity (Wildman–Crippen MR) is 155 cm³/mol. The number of nitrogens with one attached hydrogen (secondary N) is 2. The van der Waals surface area contributed by atoms with Gasteiger partial charge in [-0.25, -0.2) is 13.8 Å². The molecule has 44 heavy (non-hydrogen) atoms. The second kappa shape index (κ2) is 13.3. The lowest BCUT2D eigenvalue weighted by Crippen LogP contribution is -2.40. The summed E-state index contributed by atoms with van der Waals surface area (Å²) in [4.78, 5) is 34.5. The molecule has 3 aromatic rings. The van der Waals surface area contributed by atoms with Crippen molar-refractivity contribution in [3.63, 3.8) is 0 Å². The largest absolute Gasteiger partial charge is 0.471 e. The van der Waals surface area contributed by atoms with E-state index in [4.69, 9.17) is 16.3 Å². The Kier molecular flexibility index (Phi) is 10.1. The number of carbonyl (C=O) groups is 2. The van der Waals surface area contributed by atoms with Crippen LogP contribution in [-0.2, 0) is 24.8 Å². The maximum atomic E-state index is 13.2. The number of aromatic nitrogens is 3. The third-order valence-corrected chi connectivity index (χ3v) is 7.98. The Morgan fingerprint density at radius 3 is 2.39 bits per heavy atom. The maximum absolute atomic E-state index is 13.2. The third-order valence-electron chi connectivity index (χ3n) is 7.61. The standard InChI is InChI=1S/C30H35ClF5N5O3/c1-29(2,3)28(43)37-14-16-5-10-21(31)17(11-16)12-24-39-22-13-20(27(44-15-23(32)33)40-25(22)41(24)4)26(42)38-19-8-6-18(7-9-19)30(34,35)36/h5,10-11,13,18-19,23H,6-9,12,14-15H2,1-4H3,(H,37,43)(H,38,42). The van der Waals surface area contributed by atoms with Crippen LogP contribution in [0.5, 0.6) is 5.88 Å². The highest BCUT2D eigenvalue weighted by atomic mass is 35.5. The molecule has 4 rings (SSSR count). The van der Waals surface area contributed by atoms with Gasteiger partial charge in [0.25, 0.3) is 12.3 Å². The van der Waals surface area contributed by atoms with E-state index >= 15 is 0 Å². The van der Waals surface area contributed by atoms with E-state index < -0.39 is 42.5 Å². The Morgan fingerprint density at radius 2 is 1.77 bits per heavy atom. The van der Waals surface area contributed by atoms with Crippen LogP contribution in [0.3, 0.4) is 0 Å². The highest BCUT2D eigenvalue weighted by molar-refractivity contribution is 6.31. The molecule has 0 spiro atoms. The second-order valence-electron chi connectivity index (χ2n) is 12.1. The van der Waals surface area contributed by atoms with Crippen LogP contribution in [-0.4, -0.2) is 51.6 Å². The zero-order valence-corrected chi connectivity index (χ0v) is 25.6. The van der Waals surface area contributed by atoms with E-state index in [1.807, 2.05) is 26.8 Å². The highest BCUT2D eigenvalue weighted by Gasteiger charge is 2.41. The molecule has 1 aliphatic carbocycles.